The number of halogens is 5. The molecule has 180 valence electrons. The van der Waals surface area contributed by atoms with Gasteiger partial charge in [0, 0.05) is 31.1 Å². The van der Waals surface area contributed by atoms with Gasteiger partial charge in [0.25, 0.3) is 5.56 Å². The average molecular weight is 512 g/mol. The van der Waals surface area contributed by atoms with Gasteiger partial charge in [-0.25, -0.2) is 13.8 Å². The minimum absolute atomic E-state index is 0.0638. The molecule has 0 spiro atoms. The second-order valence-electron chi connectivity index (χ2n) is 6.60. The number of esters is 1. The van der Waals surface area contributed by atoms with Crippen LogP contribution >= 0.6 is 23.4 Å². The summed E-state index contributed by atoms with van der Waals surface area (Å²) < 4.78 is 58.6. The molecule has 0 unspecified atom stereocenters. The number of benzene rings is 1. The number of rotatable bonds is 9. The smallest absolute Gasteiger partial charge is 0.431 e. The van der Waals surface area contributed by atoms with E-state index in [1.807, 2.05) is 0 Å². The van der Waals surface area contributed by atoms with Crippen LogP contribution in [-0.2, 0) is 27.5 Å². The molecule has 8 nitrogen and oxygen atoms in total. The van der Waals surface area contributed by atoms with Crippen LogP contribution in [0.1, 0.15) is 12.1 Å². The Morgan fingerprint density at radius 2 is 1.97 bits per heavy atom. The number of aldehydes is 1. The minimum Gasteiger partial charge on any atom is -0.469 e. The van der Waals surface area contributed by atoms with E-state index in [-0.39, 0.29) is 44.6 Å². The first-order valence-corrected chi connectivity index (χ1v) is 10.5. The van der Waals surface area contributed by atoms with Crippen LogP contribution in [0.2, 0.25) is 5.02 Å². The lowest BCUT2D eigenvalue weighted by atomic mass is 10.3. The number of ether oxygens (including phenoxy) is 1. The van der Waals surface area contributed by atoms with E-state index in [1.165, 1.54) is 7.11 Å². The Labute approximate surface area is 193 Å². The van der Waals surface area contributed by atoms with Gasteiger partial charge in [0.15, 0.2) is 0 Å². The molecule has 1 aromatic heterocycles. The number of methoxy groups -OCH3 is 1. The summed E-state index contributed by atoms with van der Waals surface area (Å²) in [6.45, 7) is 0.313. The highest BCUT2D eigenvalue weighted by molar-refractivity contribution is 8.00. The Hall–Kier alpha value is -2.64. The normalized spacial score (nSPS) is 12.5. The summed E-state index contributed by atoms with van der Waals surface area (Å²) in [6, 6.07) is 1.97. The van der Waals surface area contributed by atoms with E-state index in [1.54, 1.807) is 0 Å². The van der Waals surface area contributed by atoms with Gasteiger partial charge >= 0.3 is 17.8 Å². The lowest BCUT2D eigenvalue weighted by Crippen LogP contribution is -2.41. The summed E-state index contributed by atoms with van der Waals surface area (Å²) in [5.74, 6) is -1.57. The van der Waals surface area contributed by atoms with Crippen LogP contribution in [0.5, 0.6) is 0 Å². The monoisotopic (exact) mass is 511 g/mol. The molecule has 0 aliphatic carbocycles. The summed E-state index contributed by atoms with van der Waals surface area (Å²) in [6.07, 6.45) is -4.34. The van der Waals surface area contributed by atoms with Gasteiger partial charge in [0.05, 0.1) is 29.5 Å². The summed E-state index contributed by atoms with van der Waals surface area (Å²) >= 11 is 6.90. The Kier molecular flexibility index (Phi) is 8.86. The van der Waals surface area contributed by atoms with Gasteiger partial charge in [-0.1, -0.05) is 11.6 Å². The minimum atomic E-state index is -4.97. The lowest BCUT2D eigenvalue weighted by Gasteiger charge is -2.16. The Morgan fingerprint density at radius 3 is 2.55 bits per heavy atom. The molecule has 14 heteroatoms. The first-order chi connectivity index (χ1) is 15.4. The molecule has 1 heterocycles. The molecule has 0 saturated heterocycles. The van der Waals surface area contributed by atoms with E-state index < -0.39 is 45.8 Å². The molecule has 0 bridgehead atoms. The maximum atomic E-state index is 14.6. The summed E-state index contributed by atoms with van der Waals surface area (Å²) in [4.78, 5) is 47.4. The van der Waals surface area contributed by atoms with Crippen molar-refractivity contribution >= 4 is 35.6 Å². The van der Waals surface area contributed by atoms with Gasteiger partial charge in [0.1, 0.15) is 17.8 Å². The third-order valence-electron chi connectivity index (χ3n) is 4.36. The molecule has 33 heavy (non-hydrogen) atoms. The Morgan fingerprint density at radius 1 is 1.30 bits per heavy atom. The van der Waals surface area contributed by atoms with Crippen molar-refractivity contribution in [1.29, 1.82) is 0 Å². The van der Waals surface area contributed by atoms with Gasteiger partial charge in [-0.3, -0.25) is 14.2 Å². The van der Waals surface area contributed by atoms with E-state index in [0.717, 1.165) is 30.9 Å². The molecule has 0 aliphatic rings. The lowest BCUT2D eigenvalue weighted by molar-refractivity contribution is -0.144. The fraction of sp³-hybridized carbons (Fsp3) is 0.368. The second kappa shape index (κ2) is 11.0. The number of thioether (sulfide) groups is 1. The van der Waals surface area contributed by atoms with Crippen LogP contribution in [0.25, 0.3) is 5.69 Å². The van der Waals surface area contributed by atoms with Crippen LogP contribution in [0.15, 0.2) is 32.7 Å². The number of hydrogen-bond donors (Lipinski definition) is 1. The molecule has 1 N–H and O–H groups in total. The van der Waals surface area contributed by atoms with Crippen LogP contribution in [0, 0.1) is 5.82 Å². The molecular formula is C19H18ClF4N3O5S. The molecular weight excluding hydrogens is 494 g/mol. The molecule has 1 atom stereocenters. The quantitative estimate of drug-likeness (QED) is 0.181. The average Bonchev–Trinajstić information content (AvgIpc) is 2.74. The van der Waals surface area contributed by atoms with Crippen molar-refractivity contribution in [2.75, 3.05) is 20.2 Å². The second-order valence-corrected chi connectivity index (χ2v) is 8.29. The van der Waals surface area contributed by atoms with Crippen LogP contribution in [0.4, 0.5) is 17.6 Å². The largest absolute Gasteiger partial charge is 0.469 e. The third-order valence-corrected chi connectivity index (χ3v) is 5.96. The van der Waals surface area contributed by atoms with Crippen molar-refractivity contribution in [3.63, 3.8) is 0 Å². The summed E-state index contributed by atoms with van der Waals surface area (Å²) in [5, 5.41) is 1.96. The van der Waals surface area contributed by atoms with Crippen LogP contribution in [-0.4, -0.2) is 46.8 Å². The fourth-order valence-electron chi connectivity index (χ4n) is 2.72. The summed E-state index contributed by atoms with van der Waals surface area (Å²) in [5.41, 5.74) is -4.91. The molecule has 0 aliphatic heterocycles. The molecule has 0 saturated carbocycles. The highest BCUT2D eigenvalue weighted by Gasteiger charge is 2.35. The number of nitrogens with zero attached hydrogens (tertiary/aromatic N) is 2. The zero-order valence-electron chi connectivity index (χ0n) is 17.2. The Balaban J connectivity index is 2.39. The standard InChI is InChI=1S/C19H18ClF4N3O5S/c1-26-15(19(22,23)24)7-16(29)27(18(26)31)13-6-14(11(20)5-12(13)21)33-10(9-28)8-25-4-3-17(30)32-2/h5-7,9-10,25H,3-4,8H2,1-2H3/t10-/m0/s1. The first kappa shape index (κ1) is 26.6. The van der Waals surface area contributed by atoms with Crippen molar-refractivity contribution in [2.45, 2.75) is 22.7 Å². The predicted octanol–water partition coefficient (Wildman–Crippen LogP) is 2.16. The van der Waals surface area contributed by atoms with Crippen molar-refractivity contribution in [1.82, 2.24) is 14.5 Å². The van der Waals surface area contributed by atoms with Crippen LogP contribution < -0.4 is 16.6 Å². The van der Waals surface area contributed by atoms with Gasteiger partial charge in [-0.2, -0.15) is 13.2 Å². The highest BCUT2D eigenvalue weighted by Crippen LogP contribution is 2.33. The van der Waals surface area contributed by atoms with E-state index in [0.29, 0.717) is 6.29 Å². The third kappa shape index (κ3) is 6.45. The van der Waals surface area contributed by atoms with Gasteiger partial charge in [-0.15, -0.1) is 11.8 Å². The predicted molar refractivity (Wildman–Crippen MR) is 112 cm³/mol. The molecule has 0 amide bonds. The zero-order chi connectivity index (χ0) is 24.9. The molecule has 0 fully saturated rings. The SMILES string of the molecule is COC(=O)CCNC[C@@H](C=O)Sc1cc(-n2c(=O)cc(C(F)(F)F)n(C)c2=O)c(F)cc1Cl. The van der Waals surface area contributed by atoms with Gasteiger partial charge in [0.2, 0.25) is 0 Å². The topological polar surface area (TPSA) is 99.4 Å². The van der Waals surface area contributed by atoms with Gasteiger partial charge in [-0.05, 0) is 12.1 Å². The molecule has 1 aromatic carbocycles. The Bertz CT molecular complexity index is 1170. The van der Waals surface area contributed by atoms with Crippen molar-refractivity contribution in [3.05, 3.63) is 55.6 Å². The maximum Gasteiger partial charge on any atom is 0.431 e. The fourth-order valence-corrected chi connectivity index (χ4v) is 3.93. The maximum absolute atomic E-state index is 14.6. The number of hydrogen-bond acceptors (Lipinski definition) is 7. The number of alkyl halides is 3. The van der Waals surface area contributed by atoms with Gasteiger partial charge < -0.3 is 14.8 Å². The van der Waals surface area contributed by atoms with Crippen molar-refractivity contribution in [3.8, 4) is 5.69 Å². The van der Waals surface area contributed by atoms with Crippen molar-refractivity contribution < 1.29 is 31.9 Å². The molecule has 0 radical (unpaired) electrons. The van der Waals surface area contributed by atoms with E-state index in [9.17, 15) is 36.7 Å². The molecule has 2 rings (SSSR count). The van der Waals surface area contributed by atoms with Crippen LogP contribution in [0.3, 0.4) is 0 Å². The first-order valence-electron chi connectivity index (χ1n) is 9.19. The van der Waals surface area contributed by atoms with Crippen molar-refractivity contribution in [2.24, 2.45) is 7.05 Å². The number of carbonyl (C=O) groups is 2. The number of carbonyl (C=O) groups excluding carboxylic acids is 2. The van der Waals surface area contributed by atoms with E-state index in [4.69, 9.17) is 11.6 Å². The van der Waals surface area contributed by atoms with E-state index >= 15 is 0 Å². The number of nitrogens with one attached hydrogen (secondary N) is 1. The van der Waals surface area contributed by atoms with E-state index in [2.05, 4.69) is 10.1 Å². The zero-order valence-corrected chi connectivity index (χ0v) is 18.8. The number of aromatic nitrogens is 2. The summed E-state index contributed by atoms with van der Waals surface area (Å²) in [7, 11) is 2.03. The molecule has 2 aromatic rings. The highest BCUT2D eigenvalue weighted by atomic mass is 35.5.